The van der Waals surface area contributed by atoms with Crippen molar-refractivity contribution in [3.05, 3.63) is 59.4 Å². The van der Waals surface area contributed by atoms with Crippen molar-refractivity contribution in [2.24, 2.45) is 5.92 Å². The van der Waals surface area contributed by atoms with Crippen LogP contribution in [-0.2, 0) is 0 Å². The van der Waals surface area contributed by atoms with Gasteiger partial charge in [-0.2, -0.15) is 10.5 Å². The third-order valence-corrected chi connectivity index (χ3v) is 4.02. The molecule has 1 aliphatic rings. The van der Waals surface area contributed by atoms with E-state index in [1.165, 1.54) is 12.1 Å². The van der Waals surface area contributed by atoms with E-state index in [-0.39, 0.29) is 5.56 Å². The summed E-state index contributed by atoms with van der Waals surface area (Å²) in [6.07, 6.45) is 11.5. The zero-order valence-corrected chi connectivity index (χ0v) is 11.8. The first kappa shape index (κ1) is 15.0. The first-order valence-corrected chi connectivity index (χ1v) is 7.17. The predicted molar refractivity (Wildman–Crippen MR) is 79.7 cm³/mol. The average molecular weight is 280 g/mol. The molecule has 1 aliphatic carbocycles. The summed E-state index contributed by atoms with van der Waals surface area (Å²) in [6.45, 7) is 0. The van der Waals surface area contributed by atoms with Crippen molar-refractivity contribution in [2.75, 3.05) is 0 Å². The highest BCUT2D eigenvalue weighted by molar-refractivity contribution is 5.35. The van der Waals surface area contributed by atoms with E-state index in [2.05, 4.69) is 6.08 Å². The van der Waals surface area contributed by atoms with Crippen LogP contribution >= 0.6 is 0 Å². The zero-order valence-electron chi connectivity index (χ0n) is 11.8. The first-order valence-electron chi connectivity index (χ1n) is 7.17. The summed E-state index contributed by atoms with van der Waals surface area (Å²) < 4.78 is 13.7. The number of nitrogens with zero attached hydrogens (tertiary/aromatic N) is 2. The lowest BCUT2D eigenvalue weighted by Crippen LogP contribution is -2.12. The van der Waals surface area contributed by atoms with E-state index in [0.29, 0.717) is 11.8 Å². The molecule has 0 N–H and O–H groups in total. The van der Waals surface area contributed by atoms with E-state index in [9.17, 15) is 4.39 Å². The van der Waals surface area contributed by atoms with Crippen LogP contribution in [0, 0.1) is 34.4 Å². The SMILES string of the molecule is N#CC=CC=CC1CCC(c2ccc(C#N)c(F)c2)CC1. The maximum atomic E-state index is 13.7. The fraction of sp³-hybridized carbons (Fsp3) is 0.333. The highest BCUT2D eigenvalue weighted by atomic mass is 19.1. The van der Waals surface area contributed by atoms with Crippen LogP contribution in [-0.4, -0.2) is 0 Å². The molecule has 1 saturated carbocycles. The molecule has 0 amide bonds. The summed E-state index contributed by atoms with van der Waals surface area (Å²) >= 11 is 0. The zero-order chi connectivity index (χ0) is 15.1. The van der Waals surface area contributed by atoms with Crippen molar-refractivity contribution in [1.29, 1.82) is 10.5 Å². The summed E-state index contributed by atoms with van der Waals surface area (Å²) in [6, 6.07) is 8.77. The lowest BCUT2D eigenvalue weighted by atomic mass is 9.78. The Kier molecular flexibility index (Phi) is 5.29. The van der Waals surface area contributed by atoms with Gasteiger partial charge in [0.25, 0.3) is 0 Å². The van der Waals surface area contributed by atoms with Gasteiger partial charge in [-0.1, -0.05) is 24.3 Å². The maximum absolute atomic E-state index is 13.7. The third kappa shape index (κ3) is 4.04. The Morgan fingerprint density at radius 2 is 1.86 bits per heavy atom. The Morgan fingerprint density at radius 3 is 2.48 bits per heavy atom. The summed E-state index contributed by atoms with van der Waals surface area (Å²) in [5.74, 6) is 0.498. The van der Waals surface area contributed by atoms with Crippen molar-refractivity contribution < 1.29 is 4.39 Å². The van der Waals surface area contributed by atoms with Crippen LogP contribution in [0.4, 0.5) is 4.39 Å². The predicted octanol–water partition coefficient (Wildman–Crippen LogP) is 4.61. The Morgan fingerprint density at radius 1 is 1.10 bits per heavy atom. The van der Waals surface area contributed by atoms with E-state index >= 15 is 0 Å². The van der Waals surface area contributed by atoms with Gasteiger partial charge in [-0.25, -0.2) is 4.39 Å². The standard InChI is InChI=1S/C18H17FN2/c19-18-12-16(9-10-17(18)13-21)15-7-5-14(6-8-15)4-2-1-3-11-20/h1-4,9-10,12,14-15H,5-8H2. The minimum absolute atomic E-state index is 0.111. The van der Waals surface area contributed by atoms with Gasteiger partial charge < -0.3 is 0 Å². The van der Waals surface area contributed by atoms with Gasteiger partial charge in [-0.15, -0.1) is 0 Å². The van der Waals surface area contributed by atoms with Gasteiger partial charge >= 0.3 is 0 Å². The van der Waals surface area contributed by atoms with Crippen molar-refractivity contribution in [2.45, 2.75) is 31.6 Å². The molecule has 0 unspecified atom stereocenters. The molecule has 1 aromatic carbocycles. The molecule has 0 radical (unpaired) electrons. The third-order valence-electron chi connectivity index (χ3n) is 4.02. The first-order chi connectivity index (χ1) is 10.2. The molecule has 2 rings (SSSR count). The smallest absolute Gasteiger partial charge is 0.141 e. The van der Waals surface area contributed by atoms with Crippen LogP contribution in [0.5, 0.6) is 0 Å². The Hall–Kier alpha value is -2.39. The van der Waals surface area contributed by atoms with E-state index in [1.807, 2.05) is 24.3 Å². The average Bonchev–Trinajstić information content (AvgIpc) is 2.52. The van der Waals surface area contributed by atoms with Gasteiger partial charge in [0, 0.05) is 6.08 Å². The maximum Gasteiger partial charge on any atom is 0.141 e. The van der Waals surface area contributed by atoms with E-state index in [4.69, 9.17) is 10.5 Å². The molecule has 2 nitrogen and oxygen atoms in total. The molecule has 3 heteroatoms. The fourth-order valence-corrected chi connectivity index (χ4v) is 2.84. The minimum Gasteiger partial charge on any atom is -0.206 e. The Labute approximate surface area is 124 Å². The lowest BCUT2D eigenvalue weighted by Gasteiger charge is -2.27. The van der Waals surface area contributed by atoms with Gasteiger partial charge in [0.2, 0.25) is 0 Å². The number of allylic oxidation sites excluding steroid dienone is 4. The molecule has 1 fully saturated rings. The van der Waals surface area contributed by atoms with E-state index in [0.717, 1.165) is 31.2 Å². The molecule has 0 saturated heterocycles. The van der Waals surface area contributed by atoms with Crippen molar-refractivity contribution in [1.82, 2.24) is 0 Å². The van der Waals surface area contributed by atoms with Crippen molar-refractivity contribution in [3.8, 4) is 12.1 Å². The van der Waals surface area contributed by atoms with Crippen LogP contribution in [0.25, 0.3) is 0 Å². The van der Waals surface area contributed by atoms with Gasteiger partial charge in [0.15, 0.2) is 0 Å². The van der Waals surface area contributed by atoms with E-state index < -0.39 is 5.82 Å². The van der Waals surface area contributed by atoms with Gasteiger partial charge in [-0.05, 0) is 55.2 Å². The number of rotatable bonds is 3. The molecule has 0 aliphatic heterocycles. The van der Waals surface area contributed by atoms with Crippen molar-refractivity contribution >= 4 is 0 Å². The monoisotopic (exact) mass is 280 g/mol. The summed E-state index contributed by atoms with van der Waals surface area (Å²) in [4.78, 5) is 0. The van der Waals surface area contributed by atoms with Crippen LogP contribution in [0.15, 0.2) is 42.5 Å². The van der Waals surface area contributed by atoms with Crippen LogP contribution in [0.2, 0.25) is 0 Å². The lowest BCUT2D eigenvalue weighted by molar-refractivity contribution is 0.375. The van der Waals surface area contributed by atoms with Gasteiger partial charge in [0.1, 0.15) is 11.9 Å². The number of hydrogen-bond acceptors (Lipinski definition) is 2. The summed E-state index contributed by atoms with van der Waals surface area (Å²) in [5.41, 5.74) is 1.11. The second-order valence-electron chi connectivity index (χ2n) is 5.34. The highest BCUT2D eigenvalue weighted by Crippen LogP contribution is 2.36. The number of benzene rings is 1. The Bertz CT molecular complexity index is 624. The molecule has 0 aromatic heterocycles. The fourth-order valence-electron chi connectivity index (χ4n) is 2.84. The van der Waals surface area contributed by atoms with Crippen LogP contribution in [0.1, 0.15) is 42.7 Å². The Balaban J connectivity index is 1.94. The molecule has 21 heavy (non-hydrogen) atoms. The summed E-state index contributed by atoms with van der Waals surface area (Å²) in [5, 5.41) is 17.2. The van der Waals surface area contributed by atoms with Crippen LogP contribution < -0.4 is 0 Å². The van der Waals surface area contributed by atoms with Gasteiger partial charge in [0.05, 0.1) is 11.6 Å². The molecule has 106 valence electrons. The topological polar surface area (TPSA) is 47.6 Å². The minimum atomic E-state index is -0.418. The van der Waals surface area contributed by atoms with Gasteiger partial charge in [-0.3, -0.25) is 0 Å². The van der Waals surface area contributed by atoms with Crippen molar-refractivity contribution in [3.63, 3.8) is 0 Å². The molecular weight excluding hydrogens is 263 g/mol. The number of halogens is 1. The molecule has 0 spiro atoms. The second-order valence-corrected chi connectivity index (χ2v) is 5.34. The quantitative estimate of drug-likeness (QED) is 0.599. The molecule has 1 aromatic rings. The molecular formula is C18H17FN2. The number of hydrogen-bond donors (Lipinski definition) is 0. The summed E-state index contributed by atoms with van der Waals surface area (Å²) in [7, 11) is 0. The highest BCUT2D eigenvalue weighted by Gasteiger charge is 2.21. The molecule has 0 atom stereocenters. The molecule has 0 bridgehead atoms. The second kappa shape index (κ2) is 7.41. The molecule has 0 heterocycles. The largest absolute Gasteiger partial charge is 0.206 e. The number of nitriles is 2. The van der Waals surface area contributed by atoms with E-state index in [1.54, 1.807) is 12.1 Å². The normalized spacial score (nSPS) is 22.2. The van der Waals surface area contributed by atoms with Crippen LogP contribution in [0.3, 0.4) is 0 Å².